The van der Waals surface area contributed by atoms with Gasteiger partial charge in [-0.2, -0.15) is 5.10 Å². The first-order valence-electron chi connectivity index (χ1n) is 12.3. The van der Waals surface area contributed by atoms with E-state index in [0.29, 0.717) is 30.6 Å². The smallest absolute Gasteiger partial charge is 0.178 e. The number of sulfone groups is 1. The van der Waals surface area contributed by atoms with E-state index in [1.54, 1.807) is 31.2 Å². The molecule has 2 unspecified atom stereocenters. The molecule has 0 amide bonds. The third-order valence-electron chi connectivity index (χ3n) is 8.17. The van der Waals surface area contributed by atoms with Crippen molar-refractivity contribution in [3.63, 3.8) is 0 Å². The zero-order valence-corrected chi connectivity index (χ0v) is 21.0. The monoisotopic (exact) mass is 494 g/mol. The largest absolute Gasteiger partial charge is 0.389 e. The Morgan fingerprint density at radius 3 is 2.57 bits per heavy atom. The predicted octanol–water partition coefficient (Wildman–Crippen LogP) is 5.30. The van der Waals surface area contributed by atoms with Crippen molar-refractivity contribution < 1.29 is 17.9 Å². The normalized spacial score (nSPS) is 23.6. The highest BCUT2D eigenvalue weighted by molar-refractivity contribution is 7.91. The van der Waals surface area contributed by atoms with Crippen molar-refractivity contribution in [3.05, 3.63) is 82.9 Å². The molecule has 0 bridgehead atoms. The zero-order chi connectivity index (χ0) is 24.8. The molecule has 5 nitrogen and oxygen atoms in total. The Morgan fingerprint density at radius 1 is 1.11 bits per heavy atom. The maximum Gasteiger partial charge on any atom is 0.178 e. The molecule has 2 aliphatic carbocycles. The van der Waals surface area contributed by atoms with Gasteiger partial charge in [0.25, 0.3) is 0 Å². The number of aromatic nitrogens is 2. The van der Waals surface area contributed by atoms with E-state index < -0.39 is 20.9 Å². The van der Waals surface area contributed by atoms with Crippen LogP contribution in [-0.2, 0) is 22.7 Å². The average molecular weight is 495 g/mol. The van der Waals surface area contributed by atoms with E-state index in [-0.39, 0.29) is 11.6 Å². The Balaban J connectivity index is 1.47. The van der Waals surface area contributed by atoms with Crippen molar-refractivity contribution in [2.45, 2.75) is 62.9 Å². The molecule has 1 fully saturated rings. The molecule has 184 valence electrons. The maximum absolute atomic E-state index is 13.4. The second-order valence-corrected chi connectivity index (χ2v) is 12.0. The number of rotatable bonds is 7. The zero-order valence-electron chi connectivity index (χ0n) is 20.2. The van der Waals surface area contributed by atoms with Crippen LogP contribution < -0.4 is 0 Å². The van der Waals surface area contributed by atoms with Crippen LogP contribution in [0.4, 0.5) is 4.39 Å². The summed E-state index contributed by atoms with van der Waals surface area (Å²) >= 11 is 0. The summed E-state index contributed by atoms with van der Waals surface area (Å²) in [7, 11) is -3.33. The molecule has 3 aromatic rings. The molecule has 0 spiro atoms. The van der Waals surface area contributed by atoms with Crippen LogP contribution in [0.3, 0.4) is 0 Å². The van der Waals surface area contributed by atoms with Gasteiger partial charge in [-0.3, -0.25) is 0 Å². The van der Waals surface area contributed by atoms with E-state index >= 15 is 0 Å². The average Bonchev–Trinajstić information content (AvgIpc) is 3.40. The van der Waals surface area contributed by atoms with Gasteiger partial charge in [-0.1, -0.05) is 37.6 Å². The van der Waals surface area contributed by atoms with Crippen LogP contribution in [0.1, 0.15) is 56.4 Å². The third-order valence-corrected chi connectivity index (χ3v) is 10.0. The lowest BCUT2D eigenvalue weighted by atomic mass is 9.63. The number of benzene rings is 2. The number of hydrogen-bond acceptors (Lipinski definition) is 4. The number of aliphatic hydroxyl groups is 1. The quantitative estimate of drug-likeness (QED) is 0.484. The van der Waals surface area contributed by atoms with Gasteiger partial charge in [0.05, 0.1) is 33.8 Å². The number of halogens is 1. The number of fused-ring (bicyclic) bond motifs is 2. The lowest BCUT2D eigenvalue weighted by Gasteiger charge is -2.45. The van der Waals surface area contributed by atoms with E-state index in [4.69, 9.17) is 0 Å². The van der Waals surface area contributed by atoms with Crippen LogP contribution in [0.15, 0.2) is 65.2 Å². The maximum atomic E-state index is 13.4. The molecule has 1 heterocycles. The summed E-state index contributed by atoms with van der Waals surface area (Å²) in [5.41, 5.74) is 3.49. The van der Waals surface area contributed by atoms with Crippen molar-refractivity contribution in [1.82, 2.24) is 9.78 Å². The van der Waals surface area contributed by atoms with Gasteiger partial charge in [0.1, 0.15) is 5.82 Å². The molecular weight excluding hydrogens is 463 g/mol. The van der Waals surface area contributed by atoms with Gasteiger partial charge in [-0.05, 0) is 86.1 Å². The summed E-state index contributed by atoms with van der Waals surface area (Å²) < 4.78 is 40.5. The van der Waals surface area contributed by atoms with Gasteiger partial charge in [-0.15, -0.1) is 0 Å². The van der Waals surface area contributed by atoms with Crippen LogP contribution in [0, 0.1) is 11.2 Å². The summed E-state index contributed by atoms with van der Waals surface area (Å²) in [5.74, 6) is -0.228. The minimum Gasteiger partial charge on any atom is -0.389 e. The summed E-state index contributed by atoms with van der Waals surface area (Å²) in [5, 5.41) is 16.7. The van der Waals surface area contributed by atoms with Crippen molar-refractivity contribution >= 4 is 15.9 Å². The molecule has 7 heteroatoms. The Kier molecular flexibility index (Phi) is 5.96. The lowest BCUT2D eigenvalue weighted by molar-refractivity contribution is -0.0569. The van der Waals surface area contributed by atoms with Crippen LogP contribution >= 0.6 is 0 Å². The highest BCUT2D eigenvalue weighted by Crippen LogP contribution is 2.59. The molecule has 35 heavy (non-hydrogen) atoms. The second-order valence-electron chi connectivity index (χ2n) is 9.77. The molecule has 2 aromatic carbocycles. The summed E-state index contributed by atoms with van der Waals surface area (Å²) in [6.45, 7) is 3.78. The SMILES string of the molecule is CCC12Cc3cnn(-c4ccc(F)cc4)c3C=C1CCC2(O)CCc1ccccc1S(=O)(=O)CC. The fourth-order valence-electron chi connectivity index (χ4n) is 6.12. The minimum atomic E-state index is -3.33. The molecule has 0 aliphatic heterocycles. The summed E-state index contributed by atoms with van der Waals surface area (Å²) in [6, 6.07) is 13.4. The highest BCUT2D eigenvalue weighted by atomic mass is 32.2. The number of hydrogen-bond donors (Lipinski definition) is 1. The van der Waals surface area contributed by atoms with E-state index in [1.165, 1.54) is 17.7 Å². The van der Waals surface area contributed by atoms with Crippen molar-refractivity contribution in [3.8, 4) is 5.69 Å². The highest BCUT2D eigenvalue weighted by Gasteiger charge is 2.56. The molecular formula is C28H31FN2O3S. The minimum absolute atomic E-state index is 0.0564. The number of nitrogens with zero attached hydrogens (tertiary/aromatic N) is 2. The van der Waals surface area contributed by atoms with Crippen molar-refractivity contribution in [1.29, 1.82) is 0 Å². The van der Waals surface area contributed by atoms with Gasteiger partial charge in [-0.25, -0.2) is 17.5 Å². The van der Waals surface area contributed by atoms with E-state index in [2.05, 4.69) is 18.1 Å². The first-order chi connectivity index (χ1) is 16.7. The van der Waals surface area contributed by atoms with Crippen LogP contribution in [0.25, 0.3) is 11.8 Å². The van der Waals surface area contributed by atoms with Gasteiger partial charge >= 0.3 is 0 Å². The Labute approximate surface area is 206 Å². The van der Waals surface area contributed by atoms with Crippen LogP contribution in [0.2, 0.25) is 0 Å². The fraction of sp³-hybridized carbons (Fsp3) is 0.393. The topological polar surface area (TPSA) is 72.2 Å². The molecule has 1 saturated carbocycles. The van der Waals surface area contributed by atoms with Crippen molar-refractivity contribution in [2.75, 3.05) is 5.75 Å². The molecule has 2 atom stereocenters. The summed E-state index contributed by atoms with van der Waals surface area (Å²) in [6.07, 6.45) is 7.90. The molecule has 0 radical (unpaired) electrons. The van der Waals surface area contributed by atoms with Gasteiger partial charge in [0.2, 0.25) is 0 Å². The lowest BCUT2D eigenvalue weighted by Crippen LogP contribution is -2.47. The Morgan fingerprint density at radius 2 is 1.86 bits per heavy atom. The summed E-state index contributed by atoms with van der Waals surface area (Å²) in [4.78, 5) is 0.372. The van der Waals surface area contributed by atoms with E-state index in [1.807, 2.05) is 23.0 Å². The third kappa shape index (κ3) is 3.85. The Bertz CT molecular complexity index is 1390. The van der Waals surface area contributed by atoms with Gasteiger partial charge in [0.15, 0.2) is 9.84 Å². The molecule has 2 aliphatic rings. The Hall–Kier alpha value is -2.77. The second kappa shape index (κ2) is 8.71. The van der Waals surface area contributed by atoms with Gasteiger partial charge < -0.3 is 5.11 Å². The standard InChI is InChI=1S/C28H31FN2O3S/c1-3-27-18-21-19-30-31(24-11-9-23(29)10-12-24)25(21)17-22(27)14-16-28(27,32)15-13-20-7-5-6-8-26(20)35(33,34)4-2/h5-12,17,19,32H,3-4,13-16,18H2,1-2H3. The molecule has 1 aromatic heterocycles. The molecule has 5 rings (SSSR count). The van der Waals surface area contributed by atoms with Crippen molar-refractivity contribution in [2.24, 2.45) is 5.41 Å². The predicted molar refractivity (Wildman–Crippen MR) is 135 cm³/mol. The first kappa shape index (κ1) is 23.9. The fourth-order valence-corrected chi connectivity index (χ4v) is 7.29. The van der Waals surface area contributed by atoms with E-state index in [0.717, 1.165) is 35.3 Å². The molecule has 1 N–H and O–H groups in total. The van der Waals surface area contributed by atoms with E-state index in [9.17, 15) is 17.9 Å². The van der Waals surface area contributed by atoms with Crippen LogP contribution in [-0.4, -0.2) is 34.7 Å². The first-order valence-corrected chi connectivity index (χ1v) is 14.0. The van der Waals surface area contributed by atoms with Gasteiger partial charge in [0, 0.05) is 5.41 Å². The van der Waals surface area contributed by atoms with Crippen LogP contribution in [0.5, 0.6) is 0 Å². The molecule has 0 saturated heterocycles. The number of aryl methyl sites for hydroxylation is 1.